The van der Waals surface area contributed by atoms with Gasteiger partial charge in [0, 0.05) is 0 Å². The second kappa shape index (κ2) is 3.37. The molecule has 0 aromatic rings. The van der Waals surface area contributed by atoms with E-state index in [1.807, 2.05) is 0 Å². The van der Waals surface area contributed by atoms with E-state index in [2.05, 4.69) is 13.5 Å². The van der Waals surface area contributed by atoms with Crippen LogP contribution >= 0.6 is 0 Å². The lowest BCUT2D eigenvalue weighted by Gasteiger charge is -1.93. The third-order valence-corrected chi connectivity index (χ3v) is 2.23. The minimum Gasteiger partial charge on any atom is -0.353 e. The molecule has 6 heavy (non-hydrogen) atoms. The van der Waals surface area contributed by atoms with Crippen LogP contribution in [0.5, 0.6) is 0 Å². The maximum Gasteiger partial charge on any atom is 0.103 e. The smallest absolute Gasteiger partial charge is 0.103 e. The van der Waals surface area contributed by atoms with Crippen molar-refractivity contribution in [3.63, 3.8) is 0 Å². The van der Waals surface area contributed by atoms with Crippen LogP contribution in [-0.2, 0) is 0 Å². The van der Waals surface area contributed by atoms with E-state index in [0.717, 1.165) is 0 Å². The molecule has 0 rings (SSSR count). The summed E-state index contributed by atoms with van der Waals surface area (Å²) in [4.78, 5) is 0. The molecule has 2 heteroatoms. The Morgan fingerprint density at radius 3 is 2.17 bits per heavy atom. The molecule has 38 valence electrons. The summed E-state index contributed by atoms with van der Waals surface area (Å²) in [5, 5.41) is 5.54. The van der Waals surface area contributed by atoms with Crippen molar-refractivity contribution in [1.82, 2.24) is 0 Å². The standard InChI is InChI=1S/C4H13NSi/c1-3-4-6(2)5/h6H,3-5H2,1-2H3. The van der Waals surface area contributed by atoms with Crippen molar-refractivity contribution >= 4 is 8.96 Å². The monoisotopic (exact) mass is 103 g/mol. The third-order valence-electron chi connectivity index (χ3n) is 0.744. The topological polar surface area (TPSA) is 26.0 Å². The summed E-state index contributed by atoms with van der Waals surface area (Å²) in [6, 6.07) is 1.29. The van der Waals surface area contributed by atoms with E-state index in [1.165, 1.54) is 12.5 Å². The lowest BCUT2D eigenvalue weighted by atomic mass is 10.6. The highest BCUT2D eigenvalue weighted by atomic mass is 28.3. The van der Waals surface area contributed by atoms with Gasteiger partial charge in [-0.2, -0.15) is 0 Å². The highest BCUT2D eigenvalue weighted by Crippen LogP contribution is 1.87. The number of nitrogens with two attached hydrogens (primary N) is 1. The van der Waals surface area contributed by atoms with E-state index in [4.69, 9.17) is 5.40 Å². The normalized spacial score (nSPS) is 14.5. The Bertz CT molecular complexity index is 28.7. The summed E-state index contributed by atoms with van der Waals surface area (Å²) < 4.78 is 0. The lowest BCUT2D eigenvalue weighted by molar-refractivity contribution is 1.06. The zero-order chi connectivity index (χ0) is 4.99. The van der Waals surface area contributed by atoms with Crippen LogP contribution in [0.4, 0.5) is 0 Å². The van der Waals surface area contributed by atoms with Gasteiger partial charge in [-0.25, -0.2) is 0 Å². The average Bonchev–Trinajstić information content (AvgIpc) is 1.35. The Kier molecular flexibility index (Phi) is 3.47. The van der Waals surface area contributed by atoms with Gasteiger partial charge in [0.25, 0.3) is 0 Å². The molecule has 1 atom stereocenters. The molecular formula is C4H13NSi. The van der Waals surface area contributed by atoms with Gasteiger partial charge in [0.1, 0.15) is 8.96 Å². The maximum atomic E-state index is 5.54. The fourth-order valence-electron chi connectivity index (χ4n) is 0.455. The van der Waals surface area contributed by atoms with Crippen LogP contribution in [0.3, 0.4) is 0 Å². The molecule has 0 heterocycles. The maximum absolute atomic E-state index is 5.54. The minimum absolute atomic E-state index is 0.671. The van der Waals surface area contributed by atoms with Gasteiger partial charge in [0.15, 0.2) is 0 Å². The van der Waals surface area contributed by atoms with Crippen molar-refractivity contribution in [1.29, 1.82) is 0 Å². The number of hydrogen-bond acceptors (Lipinski definition) is 1. The van der Waals surface area contributed by atoms with Crippen molar-refractivity contribution in [3.8, 4) is 0 Å². The fraction of sp³-hybridized carbons (Fsp3) is 1.00. The van der Waals surface area contributed by atoms with Crippen LogP contribution in [0.25, 0.3) is 0 Å². The number of rotatable bonds is 2. The molecule has 0 aromatic carbocycles. The van der Waals surface area contributed by atoms with Crippen LogP contribution in [0, 0.1) is 0 Å². The first-order chi connectivity index (χ1) is 2.77. The van der Waals surface area contributed by atoms with E-state index < -0.39 is 8.96 Å². The summed E-state index contributed by atoms with van der Waals surface area (Å²) in [6.07, 6.45) is 1.27. The predicted molar refractivity (Wildman–Crippen MR) is 32.3 cm³/mol. The molecule has 0 fully saturated rings. The summed E-state index contributed by atoms with van der Waals surface area (Å²) in [5.74, 6) is 0. The first-order valence-electron chi connectivity index (χ1n) is 2.53. The van der Waals surface area contributed by atoms with Crippen LogP contribution in [-0.4, -0.2) is 8.96 Å². The molecule has 1 unspecified atom stereocenters. The molecule has 0 amide bonds. The Morgan fingerprint density at radius 2 is 2.17 bits per heavy atom. The zero-order valence-electron chi connectivity index (χ0n) is 4.57. The van der Waals surface area contributed by atoms with Crippen molar-refractivity contribution < 1.29 is 0 Å². The van der Waals surface area contributed by atoms with E-state index in [1.54, 1.807) is 0 Å². The van der Waals surface area contributed by atoms with Gasteiger partial charge >= 0.3 is 0 Å². The lowest BCUT2D eigenvalue weighted by Crippen LogP contribution is -2.19. The Labute approximate surface area is 41.2 Å². The van der Waals surface area contributed by atoms with E-state index >= 15 is 0 Å². The average molecular weight is 103 g/mol. The van der Waals surface area contributed by atoms with Gasteiger partial charge in [-0.1, -0.05) is 19.9 Å². The third kappa shape index (κ3) is 4.18. The highest BCUT2D eigenvalue weighted by molar-refractivity contribution is 6.53. The molecule has 0 saturated carbocycles. The van der Waals surface area contributed by atoms with Gasteiger partial charge in [-0.3, -0.25) is 0 Å². The molecule has 0 aliphatic heterocycles. The van der Waals surface area contributed by atoms with Crippen LogP contribution in [0.2, 0.25) is 12.6 Å². The molecule has 0 bridgehead atoms. The van der Waals surface area contributed by atoms with Crippen molar-refractivity contribution in [2.45, 2.75) is 25.9 Å². The minimum atomic E-state index is -0.671. The largest absolute Gasteiger partial charge is 0.353 e. The van der Waals surface area contributed by atoms with Crippen LogP contribution in [0.1, 0.15) is 13.3 Å². The van der Waals surface area contributed by atoms with Gasteiger partial charge in [0.2, 0.25) is 0 Å². The molecule has 0 saturated heterocycles. The Morgan fingerprint density at radius 1 is 1.67 bits per heavy atom. The second-order valence-electron chi connectivity index (χ2n) is 1.77. The molecule has 1 nitrogen and oxygen atoms in total. The summed E-state index contributed by atoms with van der Waals surface area (Å²) >= 11 is 0. The molecule has 0 aromatic heterocycles. The second-order valence-corrected chi connectivity index (χ2v) is 4.30. The van der Waals surface area contributed by atoms with Gasteiger partial charge in [-0.05, 0) is 6.04 Å². The van der Waals surface area contributed by atoms with Crippen molar-refractivity contribution in [3.05, 3.63) is 0 Å². The predicted octanol–water partition coefficient (Wildman–Crippen LogP) is 0.709. The quantitative estimate of drug-likeness (QED) is 0.512. The summed E-state index contributed by atoms with van der Waals surface area (Å²) in [7, 11) is -0.671. The number of hydrogen-bond donors (Lipinski definition) is 1. The van der Waals surface area contributed by atoms with Crippen molar-refractivity contribution in [2.24, 2.45) is 5.40 Å². The molecule has 0 radical (unpaired) electrons. The molecular weight excluding hydrogens is 90.1 g/mol. The molecule has 0 aliphatic carbocycles. The van der Waals surface area contributed by atoms with Gasteiger partial charge < -0.3 is 5.40 Å². The SMILES string of the molecule is CCC[SiH](C)N. The Balaban J connectivity index is 2.63. The van der Waals surface area contributed by atoms with E-state index in [-0.39, 0.29) is 0 Å². The van der Waals surface area contributed by atoms with Crippen molar-refractivity contribution in [2.75, 3.05) is 0 Å². The van der Waals surface area contributed by atoms with E-state index in [9.17, 15) is 0 Å². The molecule has 0 aliphatic rings. The van der Waals surface area contributed by atoms with Gasteiger partial charge in [0.05, 0.1) is 0 Å². The summed E-state index contributed by atoms with van der Waals surface area (Å²) in [6.45, 7) is 4.35. The van der Waals surface area contributed by atoms with Crippen LogP contribution in [0.15, 0.2) is 0 Å². The van der Waals surface area contributed by atoms with E-state index in [0.29, 0.717) is 0 Å². The Hall–Kier alpha value is 0.177. The van der Waals surface area contributed by atoms with Gasteiger partial charge in [-0.15, -0.1) is 0 Å². The molecule has 0 spiro atoms. The molecule has 2 N–H and O–H groups in total. The summed E-state index contributed by atoms with van der Waals surface area (Å²) in [5.41, 5.74) is 0. The first-order valence-corrected chi connectivity index (χ1v) is 5.16. The highest BCUT2D eigenvalue weighted by Gasteiger charge is 1.88. The van der Waals surface area contributed by atoms with Crippen LogP contribution < -0.4 is 5.40 Å². The fourth-order valence-corrected chi connectivity index (χ4v) is 1.37. The zero-order valence-corrected chi connectivity index (χ0v) is 5.72. The first kappa shape index (κ1) is 6.18.